The summed E-state index contributed by atoms with van der Waals surface area (Å²) in [6.45, 7) is 10.2. The summed E-state index contributed by atoms with van der Waals surface area (Å²) >= 11 is 0. The maximum absolute atomic E-state index is 13.0. The number of H-pyrrole nitrogens is 1. The van der Waals surface area contributed by atoms with Crippen molar-refractivity contribution >= 4 is 33.0 Å². The zero-order valence-corrected chi connectivity index (χ0v) is 22.3. The number of fused-ring (bicyclic) bond motifs is 1. The first-order valence-corrected chi connectivity index (χ1v) is 14.4. The van der Waals surface area contributed by atoms with E-state index in [9.17, 15) is 8.42 Å². The molecule has 2 fully saturated rings. The van der Waals surface area contributed by atoms with Crippen LogP contribution in [0.3, 0.4) is 0 Å². The number of aromatic nitrogens is 5. The molecular formula is C25H35N9O2S. The Morgan fingerprint density at radius 3 is 2.76 bits per heavy atom. The van der Waals surface area contributed by atoms with Crippen molar-refractivity contribution in [1.29, 1.82) is 0 Å². The first-order valence-electron chi connectivity index (χ1n) is 12.8. The molecule has 0 amide bonds. The third kappa shape index (κ3) is 5.91. The second kappa shape index (κ2) is 10.7. The van der Waals surface area contributed by atoms with Gasteiger partial charge in [-0.3, -0.25) is 0 Å². The van der Waals surface area contributed by atoms with Crippen molar-refractivity contribution in [1.82, 2.24) is 34.1 Å². The van der Waals surface area contributed by atoms with Crippen LogP contribution in [0.2, 0.25) is 0 Å². The molecule has 2 aliphatic rings. The summed E-state index contributed by atoms with van der Waals surface area (Å²) in [6, 6.07) is 1.80. The molecule has 0 radical (unpaired) electrons. The molecular weight excluding hydrogens is 490 g/mol. The van der Waals surface area contributed by atoms with Gasteiger partial charge in [-0.15, -0.1) is 6.58 Å². The molecule has 3 aromatic heterocycles. The number of sulfonamides is 1. The monoisotopic (exact) mass is 525 g/mol. The molecule has 5 rings (SSSR count). The number of allylic oxidation sites excluding steroid dienone is 1. The number of piperidine rings is 1. The molecule has 3 aromatic rings. The third-order valence-corrected chi connectivity index (χ3v) is 8.84. The summed E-state index contributed by atoms with van der Waals surface area (Å²) < 4.78 is 27.5. The lowest BCUT2D eigenvalue weighted by Gasteiger charge is -2.34. The number of aromatic amines is 1. The van der Waals surface area contributed by atoms with Crippen molar-refractivity contribution in [2.24, 2.45) is 0 Å². The van der Waals surface area contributed by atoms with Gasteiger partial charge in [0.25, 0.3) is 0 Å². The van der Waals surface area contributed by atoms with Crippen molar-refractivity contribution in [3.63, 3.8) is 0 Å². The van der Waals surface area contributed by atoms with Gasteiger partial charge < -0.3 is 20.1 Å². The van der Waals surface area contributed by atoms with E-state index in [0.717, 1.165) is 61.3 Å². The molecule has 0 bridgehead atoms. The molecule has 0 aromatic carbocycles. The van der Waals surface area contributed by atoms with Gasteiger partial charge in [-0.1, -0.05) is 5.57 Å². The number of rotatable bonds is 8. The van der Waals surface area contributed by atoms with Gasteiger partial charge in [0.15, 0.2) is 5.65 Å². The SMILES string of the molecule is C=C(C)CCS(=O)(=O)N1CCC[C@H](Nc2nc(N3CCN(C)CC3)ncc2-c2cnc3[nH]ccc3n2)C1. The number of nitrogens with one attached hydrogen (secondary N) is 2. The van der Waals surface area contributed by atoms with Gasteiger partial charge in [0.1, 0.15) is 11.3 Å². The molecule has 2 saturated heterocycles. The fourth-order valence-electron chi connectivity index (χ4n) is 4.73. The van der Waals surface area contributed by atoms with E-state index in [1.165, 1.54) is 0 Å². The van der Waals surface area contributed by atoms with Crippen LogP contribution in [0.25, 0.3) is 22.4 Å². The standard InChI is InChI=1S/C25H35N9O2S/c1-18(2)7-14-37(35,36)34-9-4-5-19(17-34)29-23-20(22-16-27-24-21(30-22)6-8-26-24)15-28-25(31-23)33-12-10-32(3)11-13-33/h6,8,15-16,19H,1,4-5,7,9-14,17H2,2-3H3,(H,26,27)(H,28,29,31)/t19-/m0/s1. The molecule has 5 heterocycles. The van der Waals surface area contributed by atoms with E-state index in [0.29, 0.717) is 37.0 Å². The Kier molecular flexibility index (Phi) is 7.40. The van der Waals surface area contributed by atoms with Gasteiger partial charge in [-0.25, -0.2) is 23.4 Å². The van der Waals surface area contributed by atoms with Crippen molar-refractivity contribution < 1.29 is 8.42 Å². The van der Waals surface area contributed by atoms with Crippen molar-refractivity contribution in [2.45, 2.75) is 32.2 Å². The number of hydrogen-bond donors (Lipinski definition) is 2. The average molecular weight is 526 g/mol. The van der Waals surface area contributed by atoms with Crippen LogP contribution < -0.4 is 10.2 Å². The molecule has 0 aliphatic carbocycles. The molecule has 198 valence electrons. The lowest BCUT2D eigenvalue weighted by atomic mass is 10.1. The van der Waals surface area contributed by atoms with E-state index < -0.39 is 10.0 Å². The average Bonchev–Trinajstić information content (AvgIpc) is 3.36. The van der Waals surface area contributed by atoms with Crippen LogP contribution in [0, 0.1) is 0 Å². The minimum atomic E-state index is -3.35. The van der Waals surface area contributed by atoms with Crippen LogP contribution in [-0.2, 0) is 10.0 Å². The van der Waals surface area contributed by atoms with Crippen LogP contribution in [0.4, 0.5) is 11.8 Å². The third-order valence-electron chi connectivity index (χ3n) is 7.00. The number of hydrogen-bond acceptors (Lipinski definition) is 9. The first-order chi connectivity index (χ1) is 17.8. The van der Waals surface area contributed by atoms with Gasteiger partial charge in [-0.05, 0) is 39.3 Å². The predicted molar refractivity (Wildman–Crippen MR) is 146 cm³/mol. The molecule has 0 spiro atoms. The Balaban J connectivity index is 1.42. The fourth-order valence-corrected chi connectivity index (χ4v) is 6.41. The normalized spacial score (nSPS) is 19.8. The number of piperazine rings is 1. The number of anilines is 2. The largest absolute Gasteiger partial charge is 0.365 e. The van der Waals surface area contributed by atoms with Crippen LogP contribution >= 0.6 is 0 Å². The summed E-state index contributed by atoms with van der Waals surface area (Å²) in [4.78, 5) is 26.4. The summed E-state index contributed by atoms with van der Waals surface area (Å²) in [5, 5.41) is 3.56. The minimum Gasteiger partial charge on any atom is -0.365 e. The highest BCUT2D eigenvalue weighted by Crippen LogP contribution is 2.29. The molecule has 0 unspecified atom stereocenters. The minimum absolute atomic E-state index is 0.0775. The summed E-state index contributed by atoms with van der Waals surface area (Å²) in [6.07, 6.45) is 7.43. The van der Waals surface area contributed by atoms with Crippen LogP contribution in [-0.4, -0.2) is 101 Å². The van der Waals surface area contributed by atoms with Gasteiger partial charge in [0, 0.05) is 57.7 Å². The van der Waals surface area contributed by atoms with E-state index in [1.54, 1.807) is 16.7 Å². The second-order valence-electron chi connectivity index (χ2n) is 10.1. The van der Waals surface area contributed by atoms with Crippen molar-refractivity contribution in [3.05, 3.63) is 36.8 Å². The van der Waals surface area contributed by atoms with Crippen LogP contribution in [0.15, 0.2) is 36.8 Å². The molecule has 11 nitrogen and oxygen atoms in total. The Morgan fingerprint density at radius 1 is 1.16 bits per heavy atom. The van der Waals surface area contributed by atoms with Crippen LogP contribution in [0.5, 0.6) is 0 Å². The van der Waals surface area contributed by atoms with Gasteiger partial charge in [-0.2, -0.15) is 9.29 Å². The van der Waals surface area contributed by atoms with Crippen molar-refractivity contribution in [2.75, 3.05) is 62.3 Å². The molecule has 1 atom stereocenters. The number of likely N-dealkylation sites (N-methyl/N-ethyl adjacent to an activating group) is 1. The molecule has 37 heavy (non-hydrogen) atoms. The zero-order chi connectivity index (χ0) is 26.0. The summed E-state index contributed by atoms with van der Waals surface area (Å²) in [7, 11) is -1.24. The highest BCUT2D eigenvalue weighted by atomic mass is 32.2. The Morgan fingerprint density at radius 2 is 1.97 bits per heavy atom. The van der Waals surface area contributed by atoms with Gasteiger partial charge >= 0.3 is 0 Å². The molecule has 0 saturated carbocycles. The Labute approximate surface area is 218 Å². The quantitative estimate of drug-likeness (QED) is 0.427. The van der Waals surface area contributed by atoms with E-state index >= 15 is 0 Å². The van der Waals surface area contributed by atoms with Crippen LogP contribution in [0.1, 0.15) is 26.2 Å². The zero-order valence-electron chi connectivity index (χ0n) is 21.5. The highest BCUT2D eigenvalue weighted by molar-refractivity contribution is 7.89. The smallest absolute Gasteiger partial charge is 0.227 e. The number of nitrogens with zero attached hydrogens (tertiary/aromatic N) is 7. The summed E-state index contributed by atoms with van der Waals surface area (Å²) in [5.41, 5.74) is 3.77. The van der Waals surface area contributed by atoms with Crippen molar-refractivity contribution in [3.8, 4) is 11.3 Å². The Bertz CT molecular complexity index is 1370. The molecule has 2 aliphatic heterocycles. The maximum Gasteiger partial charge on any atom is 0.227 e. The second-order valence-corrected chi connectivity index (χ2v) is 12.1. The van der Waals surface area contributed by atoms with E-state index in [2.05, 4.69) is 43.7 Å². The van der Waals surface area contributed by atoms with E-state index in [-0.39, 0.29) is 11.8 Å². The van der Waals surface area contributed by atoms with Gasteiger partial charge in [0.2, 0.25) is 16.0 Å². The lowest BCUT2D eigenvalue weighted by molar-refractivity contribution is 0.311. The highest BCUT2D eigenvalue weighted by Gasteiger charge is 2.30. The van der Waals surface area contributed by atoms with E-state index in [1.807, 2.05) is 19.2 Å². The molecule has 12 heteroatoms. The Hall–Kier alpha value is -3.09. The predicted octanol–water partition coefficient (Wildman–Crippen LogP) is 2.34. The topological polar surface area (TPSA) is 123 Å². The summed E-state index contributed by atoms with van der Waals surface area (Å²) in [5.74, 6) is 1.41. The van der Waals surface area contributed by atoms with Gasteiger partial charge in [0.05, 0.1) is 23.2 Å². The van der Waals surface area contributed by atoms with E-state index in [4.69, 9.17) is 9.97 Å². The fraction of sp³-hybridized carbons (Fsp3) is 0.520. The molecule has 2 N–H and O–H groups in total. The maximum atomic E-state index is 13.0. The first kappa shape index (κ1) is 25.6. The lowest BCUT2D eigenvalue weighted by Crippen LogP contribution is -2.46.